The number of fused-ring (bicyclic) bond motifs is 2. The number of hydrogen-bond acceptors (Lipinski definition) is 3. The fraction of sp³-hybridized carbons (Fsp3) is 0.615. The van der Waals surface area contributed by atoms with Gasteiger partial charge >= 0.3 is 6.18 Å². The molecule has 19 heavy (non-hydrogen) atoms. The lowest BCUT2D eigenvalue weighted by Gasteiger charge is -2.38. The molecule has 3 rings (SSSR count). The van der Waals surface area contributed by atoms with Gasteiger partial charge in [0.1, 0.15) is 5.69 Å². The van der Waals surface area contributed by atoms with Gasteiger partial charge in [0.05, 0.1) is 5.60 Å². The summed E-state index contributed by atoms with van der Waals surface area (Å²) in [5.41, 5.74) is -2.46. The summed E-state index contributed by atoms with van der Waals surface area (Å²) >= 11 is 0. The lowest BCUT2D eigenvalue weighted by Crippen LogP contribution is -2.47. The van der Waals surface area contributed by atoms with E-state index in [-0.39, 0.29) is 17.6 Å². The Morgan fingerprint density at radius 1 is 1.26 bits per heavy atom. The van der Waals surface area contributed by atoms with E-state index in [4.69, 9.17) is 0 Å². The molecule has 2 saturated heterocycles. The first-order chi connectivity index (χ1) is 8.88. The highest BCUT2D eigenvalue weighted by Gasteiger charge is 2.48. The van der Waals surface area contributed by atoms with E-state index in [0.29, 0.717) is 12.8 Å². The molecule has 0 aliphatic carbocycles. The summed E-state index contributed by atoms with van der Waals surface area (Å²) in [6.45, 7) is 0. The van der Waals surface area contributed by atoms with Crippen molar-refractivity contribution in [3.8, 4) is 0 Å². The van der Waals surface area contributed by atoms with Crippen LogP contribution in [0.3, 0.4) is 0 Å². The summed E-state index contributed by atoms with van der Waals surface area (Å²) in [6.07, 6.45) is -0.957. The third kappa shape index (κ3) is 2.23. The summed E-state index contributed by atoms with van der Waals surface area (Å²) in [5.74, 6) is 0. The van der Waals surface area contributed by atoms with E-state index in [9.17, 15) is 18.3 Å². The lowest BCUT2D eigenvalue weighted by atomic mass is 9.80. The highest BCUT2D eigenvalue weighted by Crippen LogP contribution is 2.44. The van der Waals surface area contributed by atoms with Gasteiger partial charge in [-0.05, 0) is 31.7 Å². The maximum atomic E-state index is 13.0. The van der Waals surface area contributed by atoms with Crippen LogP contribution in [-0.2, 0) is 11.8 Å². The first kappa shape index (κ1) is 12.9. The van der Waals surface area contributed by atoms with Crippen LogP contribution in [0.5, 0.6) is 0 Å². The Morgan fingerprint density at radius 3 is 2.47 bits per heavy atom. The second-order valence-corrected chi connectivity index (χ2v) is 5.48. The van der Waals surface area contributed by atoms with Crippen molar-refractivity contribution in [2.45, 2.75) is 49.5 Å². The SMILES string of the molecule is OC1(c2cccnc2C(F)(F)F)CC2CCC(C1)N2. The third-order valence-corrected chi connectivity index (χ3v) is 4.08. The minimum absolute atomic E-state index is 0.0825. The van der Waals surface area contributed by atoms with Gasteiger partial charge in [0, 0.05) is 23.8 Å². The number of rotatable bonds is 1. The minimum atomic E-state index is -4.53. The minimum Gasteiger partial charge on any atom is -0.385 e. The maximum Gasteiger partial charge on any atom is 0.433 e. The Kier molecular flexibility index (Phi) is 2.83. The average Bonchev–Trinajstić information content (AvgIpc) is 2.68. The van der Waals surface area contributed by atoms with Gasteiger partial charge in [-0.2, -0.15) is 13.2 Å². The molecule has 0 aromatic carbocycles. The summed E-state index contributed by atoms with van der Waals surface area (Å²) in [4.78, 5) is 3.44. The molecule has 1 aromatic heterocycles. The normalized spacial score (nSPS) is 34.5. The summed E-state index contributed by atoms with van der Waals surface area (Å²) < 4.78 is 39.0. The van der Waals surface area contributed by atoms with E-state index >= 15 is 0 Å². The molecule has 2 fully saturated rings. The number of halogens is 3. The molecule has 3 heterocycles. The monoisotopic (exact) mass is 272 g/mol. The second-order valence-electron chi connectivity index (χ2n) is 5.48. The van der Waals surface area contributed by atoms with Crippen LogP contribution < -0.4 is 5.32 Å². The predicted octanol–water partition coefficient (Wildman–Crippen LogP) is 2.20. The predicted molar refractivity (Wildman–Crippen MR) is 62.3 cm³/mol. The first-order valence-corrected chi connectivity index (χ1v) is 6.40. The van der Waals surface area contributed by atoms with E-state index in [1.165, 1.54) is 12.1 Å². The standard InChI is InChI=1S/C13H15F3N2O/c14-13(15,16)11-10(2-1-5-17-11)12(19)6-8-3-4-9(7-12)18-8/h1-2,5,8-9,18-19H,3-4,6-7H2. The molecule has 6 heteroatoms. The van der Waals surface area contributed by atoms with Crippen LogP contribution in [-0.4, -0.2) is 22.2 Å². The number of nitrogens with one attached hydrogen (secondary N) is 1. The van der Waals surface area contributed by atoms with E-state index in [1.54, 1.807) is 0 Å². The van der Waals surface area contributed by atoms with Crippen molar-refractivity contribution in [1.29, 1.82) is 0 Å². The van der Waals surface area contributed by atoms with Crippen molar-refractivity contribution in [3.63, 3.8) is 0 Å². The van der Waals surface area contributed by atoms with Gasteiger partial charge in [-0.3, -0.25) is 4.98 Å². The molecule has 2 aliphatic heterocycles. The topological polar surface area (TPSA) is 45.2 Å². The molecule has 1 aromatic rings. The molecule has 0 saturated carbocycles. The van der Waals surface area contributed by atoms with E-state index in [2.05, 4.69) is 10.3 Å². The van der Waals surface area contributed by atoms with Crippen molar-refractivity contribution >= 4 is 0 Å². The van der Waals surface area contributed by atoms with Crippen LogP contribution in [0.2, 0.25) is 0 Å². The molecule has 2 aliphatic rings. The zero-order chi connectivity index (χ0) is 13.7. The quantitative estimate of drug-likeness (QED) is 0.824. The van der Waals surface area contributed by atoms with Crippen LogP contribution in [0.25, 0.3) is 0 Å². The fourth-order valence-corrected chi connectivity index (χ4v) is 3.35. The molecule has 0 spiro atoms. The molecular weight excluding hydrogens is 257 g/mol. The number of nitrogens with zero attached hydrogens (tertiary/aromatic N) is 1. The molecule has 0 radical (unpaired) electrons. The summed E-state index contributed by atoms with van der Waals surface area (Å²) in [7, 11) is 0. The van der Waals surface area contributed by atoms with Crippen LogP contribution in [0.15, 0.2) is 18.3 Å². The Labute approximate surface area is 108 Å². The van der Waals surface area contributed by atoms with E-state index in [1.807, 2.05) is 0 Å². The number of piperidine rings is 1. The van der Waals surface area contributed by atoms with Gasteiger partial charge in [0.25, 0.3) is 0 Å². The molecule has 2 unspecified atom stereocenters. The van der Waals surface area contributed by atoms with Gasteiger partial charge < -0.3 is 10.4 Å². The van der Waals surface area contributed by atoms with Crippen LogP contribution in [0, 0.1) is 0 Å². The molecule has 2 N–H and O–H groups in total. The van der Waals surface area contributed by atoms with Crippen molar-refractivity contribution in [2.75, 3.05) is 0 Å². The van der Waals surface area contributed by atoms with Crippen LogP contribution in [0.1, 0.15) is 36.9 Å². The van der Waals surface area contributed by atoms with Gasteiger partial charge in [-0.1, -0.05) is 6.07 Å². The fourth-order valence-electron chi connectivity index (χ4n) is 3.35. The van der Waals surface area contributed by atoms with Gasteiger partial charge in [-0.15, -0.1) is 0 Å². The zero-order valence-corrected chi connectivity index (χ0v) is 10.2. The number of aliphatic hydroxyl groups is 1. The molecule has 3 nitrogen and oxygen atoms in total. The molecule has 104 valence electrons. The Bertz CT molecular complexity index is 477. The Morgan fingerprint density at radius 2 is 1.89 bits per heavy atom. The number of pyridine rings is 1. The van der Waals surface area contributed by atoms with Gasteiger partial charge in [0.2, 0.25) is 0 Å². The lowest BCUT2D eigenvalue weighted by molar-refractivity contribution is -0.145. The second kappa shape index (κ2) is 4.18. The Balaban J connectivity index is 2.02. The van der Waals surface area contributed by atoms with E-state index < -0.39 is 17.5 Å². The Hall–Kier alpha value is -1.14. The molecule has 0 amide bonds. The number of alkyl halides is 3. The smallest absolute Gasteiger partial charge is 0.385 e. The largest absolute Gasteiger partial charge is 0.433 e. The van der Waals surface area contributed by atoms with Crippen molar-refractivity contribution in [3.05, 3.63) is 29.6 Å². The summed E-state index contributed by atoms with van der Waals surface area (Å²) in [6, 6.07) is 3.00. The maximum absolute atomic E-state index is 13.0. The first-order valence-electron chi connectivity index (χ1n) is 6.40. The van der Waals surface area contributed by atoms with E-state index in [0.717, 1.165) is 19.0 Å². The van der Waals surface area contributed by atoms with Gasteiger partial charge in [-0.25, -0.2) is 0 Å². The highest BCUT2D eigenvalue weighted by molar-refractivity contribution is 5.30. The molecule has 2 atom stereocenters. The molecule has 2 bridgehead atoms. The van der Waals surface area contributed by atoms with Crippen molar-refractivity contribution in [2.24, 2.45) is 0 Å². The average molecular weight is 272 g/mol. The molecular formula is C13H15F3N2O. The zero-order valence-electron chi connectivity index (χ0n) is 10.2. The van der Waals surface area contributed by atoms with Crippen molar-refractivity contribution in [1.82, 2.24) is 10.3 Å². The third-order valence-electron chi connectivity index (χ3n) is 4.08. The van der Waals surface area contributed by atoms with Crippen LogP contribution >= 0.6 is 0 Å². The summed E-state index contributed by atoms with van der Waals surface area (Å²) in [5, 5.41) is 14.0. The number of hydrogen-bond donors (Lipinski definition) is 2. The van der Waals surface area contributed by atoms with Crippen molar-refractivity contribution < 1.29 is 18.3 Å². The highest BCUT2D eigenvalue weighted by atomic mass is 19.4. The van der Waals surface area contributed by atoms with Crippen LogP contribution in [0.4, 0.5) is 13.2 Å². The van der Waals surface area contributed by atoms with Gasteiger partial charge in [0.15, 0.2) is 0 Å². The number of aromatic nitrogens is 1.